The Hall–Kier alpha value is -3.02. The molecule has 2 amide bonds. The summed E-state index contributed by atoms with van der Waals surface area (Å²) in [5, 5.41) is 0. The second kappa shape index (κ2) is 9.23. The Morgan fingerprint density at radius 3 is 2.69 bits per heavy atom. The molecule has 1 aliphatic heterocycles. The molecule has 0 aromatic heterocycles. The summed E-state index contributed by atoms with van der Waals surface area (Å²) in [4.78, 5) is 26.4. The van der Waals surface area contributed by atoms with Gasteiger partial charge < -0.3 is 20.1 Å². The van der Waals surface area contributed by atoms with E-state index in [2.05, 4.69) is 19.1 Å². The SMILES string of the molecule is COc1ccc2c(c1)[C@]1(CCCC(N)=O)CCN(C(=O)OCc3ccccc3)[C@H](C2)[C@@H]1C. The molecule has 1 aliphatic carbocycles. The maximum Gasteiger partial charge on any atom is 0.410 e. The van der Waals surface area contributed by atoms with E-state index in [0.717, 1.165) is 37.0 Å². The van der Waals surface area contributed by atoms with E-state index in [1.165, 1.54) is 11.1 Å². The number of hydrogen-bond acceptors (Lipinski definition) is 4. The topological polar surface area (TPSA) is 81.9 Å². The number of amides is 2. The molecule has 2 aromatic rings. The summed E-state index contributed by atoms with van der Waals surface area (Å²) in [7, 11) is 1.68. The number of methoxy groups -OCH3 is 1. The number of hydrogen-bond donors (Lipinski definition) is 1. The number of rotatable bonds is 7. The maximum absolute atomic E-state index is 13.1. The van der Waals surface area contributed by atoms with E-state index < -0.39 is 0 Å². The predicted octanol–water partition coefficient (Wildman–Crippen LogP) is 4.19. The summed E-state index contributed by atoms with van der Waals surface area (Å²) in [6.07, 6.45) is 3.33. The van der Waals surface area contributed by atoms with Crippen LogP contribution in [0.4, 0.5) is 4.79 Å². The first-order valence-electron chi connectivity index (χ1n) is 11.4. The van der Waals surface area contributed by atoms with Crippen LogP contribution >= 0.6 is 0 Å². The molecule has 6 heteroatoms. The summed E-state index contributed by atoms with van der Waals surface area (Å²) in [6, 6.07) is 16.1. The highest BCUT2D eigenvalue weighted by Crippen LogP contribution is 2.52. The van der Waals surface area contributed by atoms with Gasteiger partial charge in [0.05, 0.1) is 7.11 Å². The quantitative estimate of drug-likeness (QED) is 0.706. The largest absolute Gasteiger partial charge is 0.497 e. The normalized spacial score (nSPS) is 23.9. The molecule has 4 rings (SSSR count). The van der Waals surface area contributed by atoms with Gasteiger partial charge in [-0.1, -0.05) is 43.3 Å². The van der Waals surface area contributed by atoms with Gasteiger partial charge in [0.15, 0.2) is 0 Å². The van der Waals surface area contributed by atoms with Crippen molar-refractivity contribution >= 4 is 12.0 Å². The Kier molecular flexibility index (Phi) is 6.40. The molecule has 2 aromatic carbocycles. The number of nitrogens with two attached hydrogens (primary N) is 1. The van der Waals surface area contributed by atoms with Gasteiger partial charge in [-0.15, -0.1) is 0 Å². The zero-order valence-electron chi connectivity index (χ0n) is 18.9. The third-order valence-corrected chi connectivity index (χ3v) is 7.42. The fourth-order valence-corrected chi connectivity index (χ4v) is 5.66. The lowest BCUT2D eigenvalue weighted by Gasteiger charge is -2.55. The average Bonchev–Trinajstić information content (AvgIpc) is 2.79. The first-order chi connectivity index (χ1) is 15.4. The molecule has 1 heterocycles. The molecule has 0 saturated carbocycles. The van der Waals surface area contributed by atoms with Gasteiger partial charge in [-0.3, -0.25) is 4.79 Å². The molecule has 170 valence electrons. The minimum atomic E-state index is -0.269. The van der Waals surface area contributed by atoms with Crippen LogP contribution in [0, 0.1) is 5.92 Å². The highest BCUT2D eigenvalue weighted by molar-refractivity contribution is 5.73. The second-order valence-corrected chi connectivity index (χ2v) is 9.04. The molecule has 0 radical (unpaired) electrons. The minimum absolute atomic E-state index is 0.0569. The molecular formula is C26H32N2O4. The van der Waals surface area contributed by atoms with Crippen LogP contribution in [0.25, 0.3) is 0 Å². The van der Waals surface area contributed by atoms with Crippen molar-refractivity contribution in [2.45, 2.75) is 57.1 Å². The molecule has 2 bridgehead atoms. The van der Waals surface area contributed by atoms with Gasteiger partial charge in [-0.05, 0) is 60.4 Å². The van der Waals surface area contributed by atoms with Crippen molar-refractivity contribution in [3.05, 3.63) is 65.2 Å². The molecule has 32 heavy (non-hydrogen) atoms. The lowest BCUT2D eigenvalue weighted by Crippen LogP contribution is -2.60. The van der Waals surface area contributed by atoms with E-state index in [9.17, 15) is 9.59 Å². The molecular weight excluding hydrogens is 404 g/mol. The zero-order chi connectivity index (χ0) is 22.7. The van der Waals surface area contributed by atoms with Gasteiger partial charge in [-0.2, -0.15) is 0 Å². The second-order valence-electron chi connectivity index (χ2n) is 9.04. The van der Waals surface area contributed by atoms with E-state index >= 15 is 0 Å². The zero-order valence-corrected chi connectivity index (χ0v) is 18.9. The number of carbonyl (C=O) groups is 2. The van der Waals surface area contributed by atoms with Crippen molar-refractivity contribution in [3.63, 3.8) is 0 Å². The third kappa shape index (κ3) is 4.18. The molecule has 3 atom stereocenters. The summed E-state index contributed by atoms with van der Waals surface area (Å²) >= 11 is 0. The van der Waals surface area contributed by atoms with Gasteiger partial charge in [0.25, 0.3) is 0 Å². The van der Waals surface area contributed by atoms with E-state index in [-0.39, 0.29) is 36.0 Å². The number of primary amides is 1. The van der Waals surface area contributed by atoms with Gasteiger partial charge in [0.1, 0.15) is 12.4 Å². The number of fused-ring (bicyclic) bond motifs is 4. The Morgan fingerprint density at radius 2 is 1.97 bits per heavy atom. The molecule has 0 spiro atoms. The van der Waals surface area contributed by atoms with Crippen LogP contribution in [0.1, 0.15) is 49.3 Å². The molecule has 6 nitrogen and oxygen atoms in total. The lowest BCUT2D eigenvalue weighted by molar-refractivity contribution is -0.118. The number of likely N-dealkylation sites (tertiary alicyclic amines) is 1. The fourth-order valence-electron chi connectivity index (χ4n) is 5.66. The van der Waals surface area contributed by atoms with E-state index in [1.807, 2.05) is 41.3 Å². The number of carbonyl (C=O) groups excluding carboxylic acids is 2. The Morgan fingerprint density at radius 1 is 1.19 bits per heavy atom. The number of nitrogens with zero attached hydrogens (tertiary/aromatic N) is 1. The van der Waals surface area contributed by atoms with Crippen molar-refractivity contribution < 1.29 is 19.1 Å². The van der Waals surface area contributed by atoms with Gasteiger partial charge >= 0.3 is 6.09 Å². The van der Waals surface area contributed by atoms with Crippen LogP contribution < -0.4 is 10.5 Å². The van der Waals surface area contributed by atoms with Crippen molar-refractivity contribution in [2.75, 3.05) is 13.7 Å². The van der Waals surface area contributed by atoms with Crippen molar-refractivity contribution in [2.24, 2.45) is 11.7 Å². The van der Waals surface area contributed by atoms with E-state index in [0.29, 0.717) is 13.0 Å². The van der Waals surface area contributed by atoms with Crippen LogP contribution in [-0.4, -0.2) is 36.6 Å². The molecule has 1 fully saturated rings. The number of ether oxygens (including phenoxy) is 2. The minimum Gasteiger partial charge on any atom is -0.497 e. The van der Waals surface area contributed by atoms with Gasteiger partial charge in [0, 0.05) is 24.4 Å². The van der Waals surface area contributed by atoms with Crippen LogP contribution in [0.2, 0.25) is 0 Å². The summed E-state index contributed by atoms with van der Waals surface area (Å²) in [5.74, 6) is 0.801. The van der Waals surface area contributed by atoms with Crippen LogP contribution in [0.15, 0.2) is 48.5 Å². The van der Waals surface area contributed by atoms with E-state index in [1.54, 1.807) is 7.11 Å². The Labute approximate surface area is 189 Å². The first-order valence-corrected chi connectivity index (χ1v) is 11.4. The first kappa shape index (κ1) is 22.2. The van der Waals surface area contributed by atoms with Crippen LogP contribution in [-0.2, 0) is 28.0 Å². The highest BCUT2D eigenvalue weighted by Gasteiger charge is 2.52. The molecule has 1 saturated heterocycles. The van der Waals surface area contributed by atoms with E-state index in [4.69, 9.17) is 15.2 Å². The molecule has 2 aliphatic rings. The van der Waals surface area contributed by atoms with Crippen LogP contribution in [0.3, 0.4) is 0 Å². The summed E-state index contributed by atoms with van der Waals surface area (Å²) in [5.41, 5.74) is 8.83. The monoisotopic (exact) mass is 436 g/mol. The van der Waals surface area contributed by atoms with Crippen LogP contribution in [0.5, 0.6) is 5.75 Å². The Bertz CT molecular complexity index is 977. The number of piperidine rings is 1. The Balaban J connectivity index is 1.58. The smallest absolute Gasteiger partial charge is 0.410 e. The predicted molar refractivity (Wildman–Crippen MR) is 122 cm³/mol. The third-order valence-electron chi connectivity index (χ3n) is 7.42. The van der Waals surface area contributed by atoms with Gasteiger partial charge in [-0.25, -0.2) is 4.79 Å². The number of benzene rings is 2. The van der Waals surface area contributed by atoms with Crippen molar-refractivity contribution in [1.29, 1.82) is 0 Å². The summed E-state index contributed by atoms with van der Waals surface area (Å²) < 4.78 is 11.2. The average molecular weight is 437 g/mol. The molecule has 2 N–H and O–H groups in total. The van der Waals surface area contributed by atoms with Crippen molar-refractivity contribution in [3.8, 4) is 5.75 Å². The van der Waals surface area contributed by atoms with Gasteiger partial charge in [0.2, 0.25) is 5.91 Å². The standard InChI is InChI=1S/C26H32N2O4/c1-18-23-15-20-10-11-21(31-2)16-22(20)26(18,12-6-9-24(27)29)13-14-28(23)25(30)32-17-19-7-4-3-5-8-19/h3-5,7-8,10-11,16,18,23H,6,9,12-15,17H2,1-2H3,(H2,27,29)/t18-,23+,26+/m0/s1. The maximum atomic E-state index is 13.1. The lowest BCUT2D eigenvalue weighted by atomic mass is 9.56. The molecule has 0 unspecified atom stereocenters. The van der Waals surface area contributed by atoms with Crippen molar-refractivity contribution in [1.82, 2.24) is 4.90 Å². The summed E-state index contributed by atoms with van der Waals surface area (Å²) in [6.45, 7) is 3.14. The fraction of sp³-hybridized carbons (Fsp3) is 0.462. The highest BCUT2D eigenvalue weighted by atomic mass is 16.6.